The first-order valence-corrected chi connectivity index (χ1v) is 5.38. The van der Waals surface area contributed by atoms with Crippen molar-refractivity contribution in [1.82, 2.24) is 5.32 Å². The molecule has 1 rings (SSSR count). The number of aliphatic hydroxyl groups is 1. The minimum absolute atomic E-state index is 0.0631. The lowest BCUT2D eigenvalue weighted by Crippen LogP contribution is -2.50. The highest BCUT2D eigenvalue weighted by molar-refractivity contribution is 5.51. The summed E-state index contributed by atoms with van der Waals surface area (Å²) in [5.41, 5.74) is 1.10. The second-order valence-electron chi connectivity index (χ2n) is 4.01. The minimum Gasteiger partial charge on any atom is -0.398 e. The highest BCUT2D eigenvalue weighted by atomic mass is 19.4. The molecule has 7 heteroatoms. The third kappa shape index (κ3) is 3.24. The quantitative estimate of drug-likeness (QED) is 0.334. The Kier molecular flexibility index (Phi) is 4.54. The fourth-order valence-corrected chi connectivity index (χ4v) is 1.59. The molecule has 1 unspecified atom stereocenters. The molecule has 0 aliphatic heterocycles. The highest BCUT2D eigenvalue weighted by Crippen LogP contribution is 2.41. The molecular formula is C12H14F4N2O. The van der Waals surface area contributed by atoms with E-state index in [1.807, 2.05) is 0 Å². The van der Waals surface area contributed by atoms with Crippen LogP contribution in [-0.4, -0.2) is 24.4 Å². The van der Waals surface area contributed by atoms with Gasteiger partial charge in [-0.05, 0) is 18.2 Å². The molecule has 0 aliphatic rings. The zero-order chi connectivity index (χ0) is 14.7. The Labute approximate surface area is 107 Å². The molecule has 0 heterocycles. The van der Waals surface area contributed by atoms with Crippen molar-refractivity contribution >= 4 is 5.69 Å². The molecular weight excluding hydrogens is 264 g/mol. The molecule has 0 radical (unpaired) electrons. The molecule has 106 valence electrons. The lowest BCUT2D eigenvalue weighted by Gasteiger charge is -2.32. The van der Waals surface area contributed by atoms with Gasteiger partial charge in [0.25, 0.3) is 0 Å². The Hall–Kier alpha value is -1.60. The fourth-order valence-electron chi connectivity index (χ4n) is 1.59. The van der Waals surface area contributed by atoms with E-state index in [2.05, 4.69) is 11.9 Å². The van der Waals surface area contributed by atoms with Crippen LogP contribution in [0.15, 0.2) is 30.9 Å². The topological polar surface area (TPSA) is 58.3 Å². The number of hydrogen-bond donors (Lipinski definition) is 3. The zero-order valence-corrected chi connectivity index (χ0v) is 9.97. The largest absolute Gasteiger partial charge is 0.422 e. The summed E-state index contributed by atoms with van der Waals surface area (Å²) in [7, 11) is 0. The van der Waals surface area contributed by atoms with E-state index in [0.29, 0.717) is 6.07 Å². The van der Waals surface area contributed by atoms with E-state index in [0.717, 1.165) is 12.1 Å². The highest BCUT2D eigenvalue weighted by Gasteiger charge is 2.55. The van der Waals surface area contributed by atoms with E-state index < -0.39 is 29.7 Å². The van der Waals surface area contributed by atoms with Crippen LogP contribution in [0.25, 0.3) is 0 Å². The number of nitrogens with two attached hydrogens (primary N) is 1. The predicted molar refractivity (Wildman–Crippen MR) is 63.8 cm³/mol. The predicted octanol–water partition coefficient (Wildman–Crippen LogP) is 1.93. The van der Waals surface area contributed by atoms with Crippen LogP contribution >= 0.6 is 0 Å². The summed E-state index contributed by atoms with van der Waals surface area (Å²) in [6, 6.07) is 2.49. The van der Waals surface area contributed by atoms with Gasteiger partial charge in [-0.3, -0.25) is 0 Å². The molecule has 0 amide bonds. The summed E-state index contributed by atoms with van der Waals surface area (Å²) in [5.74, 6) is -0.907. The fraction of sp³-hybridized carbons (Fsp3) is 0.333. The first kappa shape index (κ1) is 15.5. The van der Waals surface area contributed by atoms with Crippen molar-refractivity contribution in [3.63, 3.8) is 0 Å². The number of alkyl halides is 3. The normalized spacial score (nSPS) is 15.0. The van der Waals surface area contributed by atoms with Gasteiger partial charge in [0.1, 0.15) is 5.82 Å². The maximum Gasteiger partial charge on any atom is 0.422 e. The third-order valence-electron chi connectivity index (χ3n) is 2.60. The molecule has 4 N–H and O–H groups in total. The van der Waals surface area contributed by atoms with Crippen LogP contribution in [0.2, 0.25) is 0 Å². The van der Waals surface area contributed by atoms with Gasteiger partial charge in [0, 0.05) is 24.3 Å². The van der Waals surface area contributed by atoms with E-state index in [-0.39, 0.29) is 12.2 Å². The number of nitrogen functional groups attached to an aromatic ring is 1. The van der Waals surface area contributed by atoms with Gasteiger partial charge in [-0.25, -0.2) is 4.39 Å². The number of halogens is 4. The molecule has 1 aromatic carbocycles. The van der Waals surface area contributed by atoms with Crippen LogP contribution in [0.5, 0.6) is 0 Å². The van der Waals surface area contributed by atoms with Gasteiger partial charge in [-0.1, -0.05) is 6.08 Å². The molecule has 0 aliphatic carbocycles. The van der Waals surface area contributed by atoms with Gasteiger partial charge in [-0.15, -0.1) is 6.58 Å². The van der Waals surface area contributed by atoms with Crippen molar-refractivity contribution in [2.75, 3.05) is 18.8 Å². The van der Waals surface area contributed by atoms with Gasteiger partial charge in [0.05, 0.1) is 0 Å². The summed E-state index contributed by atoms with van der Waals surface area (Å²) >= 11 is 0. The van der Waals surface area contributed by atoms with Crippen molar-refractivity contribution in [2.24, 2.45) is 0 Å². The molecule has 0 saturated carbocycles. The number of rotatable bonds is 5. The maximum absolute atomic E-state index is 13.1. The van der Waals surface area contributed by atoms with Crippen molar-refractivity contribution in [1.29, 1.82) is 0 Å². The monoisotopic (exact) mass is 278 g/mol. The van der Waals surface area contributed by atoms with Gasteiger partial charge >= 0.3 is 6.18 Å². The van der Waals surface area contributed by atoms with E-state index in [1.54, 1.807) is 0 Å². The molecule has 0 spiro atoms. The van der Waals surface area contributed by atoms with Crippen molar-refractivity contribution < 1.29 is 22.7 Å². The van der Waals surface area contributed by atoms with Gasteiger partial charge in [-0.2, -0.15) is 13.2 Å². The zero-order valence-electron chi connectivity index (χ0n) is 9.97. The van der Waals surface area contributed by atoms with Crippen LogP contribution < -0.4 is 11.1 Å². The van der Waals surface area contributed by atoms with Gasteiger partial charge in [0.15, 0.2) is 5.60 Å². The lowest BCUT2D eigenvalue weighted by atomic mass is 9.91. The standard InChI is InChI=1S/C12H14F4N2O/c1-2-5-18-7-11(19,12(14,15)16)9-6-8(13)3-4-10(9)17/h2-4,6,18-19H,1,5,7,17H2. The lowest BCUT2D eigenvalue weighted by molar-refractivity contribution is -0.264. The average Bonchev–Trinajstić information content (AvgIpc) is 2.31. The van der Waals surface area contributed by atoms with Crippen LogP contribution in [0, 0.1) is 5.82 Å². The Balaban J connectivity index is 3.23. The molecule has 0 aromatic heterocycles. The molecule has 0 fully saturated rings. The van der Waals surface area contributed by atoms with Crippen LogP contribution in [0.3, 0.4) is 0 Å². The summed E-state index contributed by atoms with van der Waals surface area (Å²) < 4.78 is 52.2. The molecule has 19 heavy (non-hydrogen) atoms. The Morgan fingerprint density at radius 3 is 2.53 bits per heavy atom. The van der Waals surface area contributed by atoms with Crippen molar-refractivity contribution in [2.45, 2.75) is 11.8 Å². The molecule has 0 bridgehead atoms. The van der Waals surface area contributed by atoms with Gasteiger partial charge < -0.3 is 16.2 Å². The summed E-state index contributed by atoms with van der Waals surface area (Å²) in [5, 5.41) is 12.2. The molecule has 1 atom stereocenters. The van der Waals surface area contributed by atoms with Crippen molar-refractivity contribution in [3.8, 4) is 0 Å². The van der Waals surface area contributed by atoms with E-state index in [1.165, 1.54) is 6.08 Å². The molecule has 0 saturated heterocycles. The second-order valence-corrected chi connectivity index (χ2v) is 4.01. The average molecular weight is 278 g/mol. The second kappa shape index (κ2) is 5.58. The van der Waals surface area contributed by atoms with Gasteiger partial charge in [0.2, 0.25) is 0 Å². The molecule has 1 aromatic rings. The summed E-state index contributed by atoms with van der Waals surface area (Å²) in [6.07, 6.45) is -3.66. The van der Waals surface area contributed by atoms with E-state index in [4.69, 9.17) is 5.73 Å². The van der Waals surface area contributed by atoms with Crippen molar-refractivity contribution in [3.05, 3.63) is 42.2 Å². The Bertz CT molecular complexity index is 462. The first-order chi connectivity index (χ1) is 8.72. The number of nitrogens with one attached hydrogen (secondary N) is 1. The number of hydrogen-bond acceptors (Lipinski definition) is 3. The summed E-state index contributed by atoms with van der Waals surface area (Å²) in [6.45, 7) is 2.55. The SMILES string of the molecule is C=CCNCC(O)(c1cc(F)ccc1N)C(F)(F)F. The van der Waals surface area contributed by atoms with Crippen LogP contribution in [0.4, 0.5) is 23.2 Å². The smallest absolute Gasteiger partial charge is 0.398 e. The maximum atomic E-state index is 13.1. The van der Waals surface area contributed by atoms with Crippen LogP contribution in [0.1, 0.15) is 5.56 Å². The minimum atomic E-state index is -5.00. The summed E-state index contributed by atoms with van der Waals surface area (Å²) in [4.78, 5) is 0. The Morgan fingerprint density at radius 2 is 2.00 bits per heavy atom. The number of benzene rings is 1. The molecule has 3 nitrogen and oxygen atoms in total. The van der Waals surface area contributed by atoms with E-state index >= 15 is 0 Å². The first-order valence-electron chi connectivity index (χ1n) is 5.38. The van der Waals surface area contributed by atoms with Crippen LogP contribution in [-0.2, 0) is 5.60 Å². The number of anilines is 1. The van der Waals surface area contributed by atoms with E-state index in [9.17, 15) is 22.7 Å². The third-order valence-corrected chi connectivity index (χ3v) is 2.60. The Morgan fingerprint density at radius 1 is 1.37 bits per heavy atom.